The Labute approximate surface area is 171 Å². The van der Waals surface area contributed by atoms with E-state index in [4.69, 9.17) is 5.11 Å². The molecule has 0 radical (unpaired) electrons. The number of nitro benzene ring substituents is 4. The summed E-state index contributed by atoms with van der Waals surface area (Å²) < 4.78 is 0. The van der Waals surface area contributed by atoms with Crippen LogP contribution in [0.2, 0.25) is 0 Å². The molecule has 1 N–H and O–H groups in total. The highest BCUT2D eigenvalue weighted by Gasteiger charge is 2.30. The molecule has 2 aromatic carbocycles. The number of para-hydroxylation sites is 1. The predicted octanol–water partition coefficient (Wildman–Crippen LogP) is 3.77. The van der Waals surface area contributed by atoms with Gasteiger partial charge in [-0.05, 0) is 18.2 Å². The van der Waals surface area contributed by atoms with Crippen molar-refractivity contribution < 1.29 is 24.8 Å². The van der Waals surface area contributed by atoms with E-state index >= 15 is 0 Å². The van der Waals surface area contributed by atoms with Crippen LogP contribution in [0.15, 0.2) is 60.8 Å². The molecule has 3 rings (SSSR count). The van der Waals surface area contributed by atoms with Crippen molar-refractivity contribution in [1.82, 2.24) is 4.98 Å². The molecule has 0 fully saturated rings. The number of nitro groups is 4. The molecular weight excluding hydrogens is 418 g/mol. The van der Waals surface area contributed by atoms with E-state index in [0.717, 1.165) is 0 Å². The molecule has 0 saturated carbocycles. The molecular formula is C17H11N5O9. The van der Waals surface area contributed by atoms with Crippen molar-refractivity contribution in [3.05, 3.63) is 101 Å². The lowest BCUT2D eigenvalue weighted by atomic mass is 10.1. The van der Waals surface area contributed by atoms with E-state index in [0.29, 0.717) is 23.4 Å². The summed E-state index contributed by atoms with van der Waals surface area (Å²) in [5.74, 6) is -1.21. The van der Waals surface area contributed by atoms with E-state index in [1.54, 1.807) is 42.6 Å². The van der Waals surface area contributed by atoms with Crippen molar-refractivity contribution in [2.45, 2.75) is 0 Å². The Morgan fingerprint density at radius 2 is 1.19 bits per heavy atom. The first-order chi connectivity index (χ1) is 14.6. The summed E-state index contributed by atoms with van der Waals surface area (Å²) in [5.41, 5.74) is -1.76. The summed E-state index contributed by atoms with van der Waals surface area (Å²) in [6.07, 6.45) is 1.62. The van der Waals surface area contributed by atoms with Crippen LogP contribution in [0.4, 0.5) is 22.7 Å². The van der Waals surface area contributed by atoms with Crippen LogP contribution in [0.5, 0.6) is 5.75 Å². The van der Waals surface area contributed by atoms with Crippen molar-refractivity contribution >= 4 is 22.7 Å². The molecule has 1 aromatic heterocycles. The third-order valence-electron chi connectivity index (χ3n) is 3.70. The first-order valence-electron chi connectivity index (χ1n) is 8.08. The van der Waals surface area contributed by atoms with Gasteiger partial charge >= 0.3 is 11.4 Å². The van der Waals surface area contributed by atoms with Gasteiger partial charge in [0.25, 0.3) is 17.1 Å². The second kappa shape index (κ2) is 9.46. The summed E-state index contributed by atoms with van der Waals surface area (Å²) >= 11 is 0. The first kappa shape index (κ1) is 22.3. The third kappa shape index (κ3) is 5.29. The molecule has 0 aliphatic rings. The van der Waals surface area contributed by atoms with E-state index in [-0.39, 0.29) is 5.69 Å². The van der Waals surface area contributed by atoms with Gasteiger partial charge in [-0.1, -0.05) is 18.2 Å². The minimum Gasteiger partial charge on any atom is -0.497 e. The molecule has 31 heavy (non-hydrogen) atoms. The Morgan fingerprint density at radius 3 is 1.65 bits per heavy atom. The Balaban J connectivity index is 0.000000220. The van der Waals surface area contributed by atoms with Crippen molar-refractivity contribution in [3.8, 4) is 17.0 Å². The van der Waals surface area contributed by atoms with Gasteiger partial charge in [-0.25, -0.2) is 0 Å². The van der Waals surface area contributed by atoms with Crippen LogP contribution in [0, 0.1) is 40.5 Å². The molecule has 3 aromatic rings. The summed E-state index contributed by atoms with van der Waals surface area (Å²) in [4.78, 5) is 42.2. The fourth-order valence-electron chi connectivity index (χ4n) is 2.35. The van der Waals surface area contributed by atoms with Crippen molar-refractivity contribution in [1.29, 1.82) is 0 Å². The van der Waals surface area contributed by atoms with Gasteiger partial charge < -0.3 is 5.11 Å². The van der Waals surface area contributed by atoms with Crippen molar-refractivity contribution in [2.75, 3.05) is 0 Å². The Bertz CT molecular complexity index is 1130. The van der Waals surface area contributed by atoms with Gasteiger partial charge in [-0.3, -0.25) is 45.4 Å². The van der Waals surface area contributed by atoms with Gasteiger partial charge in [0.2, 0.25) is 0 Å². The average molecular weight is 429 g/mol. The molecule has 14 nitrogen and oxygen atoms in total. The molecule has 14 heteroatoms. The second-order valence-electron chi connectivity index (χ2n) is 5.59. The SMILES string of the molecule is O=[N+]([O-])c1cc([N+](=O)[O-])c(O)c([N+](=O)[O-])c1.O=[N+]([O-])c1ccccc1-c1ccccn1. The van der Waals surface area contributed by atoms with Crippen LogP contribution in [0.25, 0.3) is 11.3 Å². The van der Waals surface area contributed by atoms with Crippen molar-refractivity contribution in [2.24, 2.45) is 0 Å². The number of hydrogen-bond acceptors (Lipinski definition) is 10. The minimum atomic E-state index is -1.21. The smallest absolute Gasteiger partial charge is 0.324 e. The minimum absolute atomic E-state index is 0.0798. The number of nitrogens with zero attached hydrogens (tertiary/aromatic N) is 5. The summed E-state index contributed by atoms with van der Waals surface area (Å²) in [7, 11) is 0. The van der Waals surface area contributed by atoms with Crippen LogP contribution in [0.1, 0.15) is 0 Å². The number of aromatic nitrogens is 1. The Morgan fingerprint density at radius 1 is 0.677 bits per heavy atom. The van der Waals surface area contributed by atoms with Crippen LogP contribution in [-0.2, 0) is 0 Å². The molecule has 0 saturated heterocycles. The van der Waals surface area contributed by atoms with Crippen LogP contribution in [0.3, 0.4) is 0 Å². The highest BCUT2D eigenvalue weighted by Crippen LogP contribution is 2.39. The topological polar surface area (TPSA) is 206 Å². The molecule has 0 amide bonds. The normalized spacial score (nSPS) is 9.81. The lowest BCUT2D eigenvalue weighted by molar-refractivity contribution is -0.404. The largest absolute Gasteiger partial charge is 0.497 e. The van der Waals surface area contributed by atoms with Crippen LogP contribution >= 0.6 is 0 Å². The Hall–Kier alpha value is -5.01. The van der Waals surface area contributed by atoms with E-state index in [2.05, 4.69) is 4.98 Å². The fraction of sp³-hybridized carbons (Fsp3) is 0. The number of non-ortho nitro benzene ring substituents is 1. The first-order valence-corrected chi connectivity index (χ1v) is 8.08. The van der Waals surface area contributed by atoms with Crippen LogP contribution in [-0.4, -0.2) is 29.8 Å². The number of benzene rings is 2. The van der Waals surface area contributed by atoms with E-state index in [1.165, 1.54) is 6.07 Å². The van der Waals surface area contributed by atoms with Gasteiger partial charge in [0.15, 0.2) is 0 Å². The van der Waals surface area contributed by atoms with Crippen molar-refractivity contribution in [3.63, 3.8) is 0 Å². The Kier molecular flexibility index (Phi) is 6.80. The van der Waals surface area contributed by atoms with E-state index in [1.807, 2.05) is 0 Å². The second-order valence-corrected chi connectivity index (χ2v) is 5.59. The standard InChI is InChI=1S/C11H8N2O2.C6H3N3O7/c14-13(15)11-7-2-1-5-9(11)10-6-3-4-8-12-10;10-6-4(8(13)14)1-3(7(11)12)2-5(6)9(15)16/h1-8H;1-2,10H. The maximum atomic E-state index is 10.8. The summed E-state index contributed by atoms with van der Waals surface area (Å²) in [5, 5.41) is 51.0. The molecule has 158 valence electrons. The monoisotopic (exact) mass is 429 g/mol. The van der Waals surface area contributed by atoms with Gasteiger partial charge in [0, 0.05) is 12.3 Å². The number of hydrogen-bond donors (Lipinski definition) is 1. The van der Waals surface area contributed by atoms with Gasteiger partial charge in [-0.15, -0.1) is 0 Å². The number of aromatic hydroxyl groups is 1. The fourth-order valence-corrected chi connectivity index (χ4v) is 2.35. The molecule has 0 spiro atoms. The molecule has 0 atom stereocenters. The number of rotatable bonds is 5. The molecule has 0 unspecified atom stereocenters. The van der Waals surface area contributed by atoms with Gasteiger partial charge in [0.1, 0.15) is 0 Å². The third-order valence-corrected chi connectivity index (χ3v) is 3.70. The maximum Gasteiger partial charge on any atom is 0.324 e. The zero-order chi connectivity index (χ0) is 23.1. The zero-order valence-corrected chi connectivity index (χ0v) is 15.2. The van der Waals surface area contributed by atoms with E-state index in [9.17, 15) is 40.5 Å². The molecule has 1 heterocycles. The molecule has 0 aliphatic heterocycles. The lowest BCUT2D eigenvalue weighted by Crippen LogP contribution is -1.97. The highest BCUT2D eigenvalue weighted by atomic mass is 16.6. The highest BCUT2D eigenvalue weighted by molar-refractivity contribution is 5.70. The summed E-state index contributed by atoms with van der Waals surface area (Å²) in [6, 6.07) is 12.8. The van der Waals surface area contributed by atoms with E-state index < -0.39 is 42.5 Å². The summed E-state index contributed by atoms with van der Waals surface area (Å²) in [6.45, 7) is 0. The zero-order valence-electron chi connectivity index (χ0n) is 15.2. The predicted molar refractivity (Wildman–Crippen MR) is 104 cm³/mol. The number of phenolic OH excluding ortho intramolecular Hbond substituents is 1. The lowest BCUT2D eigenvalue weighted by Gasteiger charge is -2.00. The van der Waals surface area contributed by atoms with Gasteiger partial charge in [0.05, 0.1) is 43.1 Å². The molecule has 0 aliphatic carbocycles. The molecule has 0 bridgehead atoms. The average Bonchev–Trinajstić information content (AvgIpc) is 2.74. The quantitative estimate of drug-likeness (QED) is 0.458. The maximum absolute atomic E-state index is 10.8. The number of pyridine rings is 1. The number of phenols is 1. The van der Waals surface area contributed by atoms with Gasteiger partial charge in [-0.2, -0.15) is 0 Å². The van der Waals surface area contributed by atoms with Crippen LogP contribution < -0.4 is 0 Å².